The first-order valence-corrected chi connectivity index (χ1v) is 14.3. The lowest BCUT2D eigenvalue weighted by molar-refractivity contribution is 0.0739. The normalized spacial score (nSPS) is 19.6. The van der Waals surface area contributed by atoms with Crippen molar-refractivity contribution < 1.29 is 23.8 Å². The van der Waals surface area contributed by atoms with Gasteiger partial charge in [0.15, 0.2) is 0 Å². The molecule has 2 N–H and O–H groups in total. The summed E-state index contributed by atoms with van der Waals surface area (Å²) in [6.07, 6.45) is -1.26. The van der Waals surface area contributed by atoms with Crippen LogP contribution in [-0.2, 0) is 12.1 Å². The van der Waals surface area contributed by atoms with E-state index in [1.54, 1.807) is 54.4 Å². The van der Waals surface area contributed by atoms with Gasteiger partial charge < -0.3 is 20.1 Å². The Balaban J connectivity index is 1.19. The monoisotopic (exact) mass is 576 g/mol. The molecule has 41 heavy (non-hydrogen) atoms. The predicted octanol–water partition coefficient (Wildman–Crippen LogP) is 4.88. The second-order valence-corrected chi connectivity index (χ2v) is 11.6. The van der Waals surface area contributed by atoms with Crippen molar-refractivity contribution in [2.75, 3.05) is 13.1 Å². The van der Waals surface area contributed by atoms with Crippen molar-refractivity contribution in [1.82, 2.24) is 30.0 Å². The first kappa shape index (κ1) is 26.9. The van der Waals surface area contributed by atoms with Crippen molar-refractivity contribution in [3.05, 3.63) is 70.4 Å². The topological polar surface area (TPSA) is 122 Å². The summed E-state index contributed by atoms with van der Waals surface area (Å²) in [6.45, 7) is 7.16. The number of amides is 2. The molecule has 2 aliphatic rings. The van der Waals surface area contributed by atoms with Crippen molar-refractivity contribution in [2.45, 2.75) is 39.0 Å². The zero-order valence-corrected chi connectivity index (χ0v) is 23.6. The van der Waals surface area contributed by atoms with Crippen LogP contribution in [0.5, 0.6) is 5.88 Å². The van der Waals surface area contributed by atoms with E-state index in [4.69, 9.17) is 4.74 Å². The summed E-state index contributed by atoms with van der Waals surface area (Å²) in [7, 11) is 0. The van der Waals surface area contributed by atoms with Crippen molar-refractivity contribution in [1.29, 1.82) is 0 Å². The van der Waals surface area contributed by atoms with E-state index in [1.807, 2.05) is 17.2 Å². The molecule has 0 bridgehead atoms. The number of thiazole rings is 1. The Labute approximate surface area is 239 Å². The van der Waals surface area contributed by atoms with Gasteiger partial charge in [0.05, 0.1) is 16.7 Å². The number of likely N-dealkylation sites (tertiary alicyclic amines) is 1. The highest BCUT2D eigenvalue weighted by atomic mass is 32.1. The standard InChI is InChI=1S/C29H29FN6O4S/c1-4-36-24(11-22(34-36)23-14-41-15-31-23)27(37)35-12-19-20(13-35)26(19)40-25-10-17(29(2,3)33-28(38)39)9-21(32-25)16-5-7-18(30)8-6-16/h5-11,14-15,19-20,26,33H,4,12-13H2,1-3H3,(H,38,39)/t19-,20+,26?. The van der Waals surface area contributed by atoms with Gasteiger partial charge in [-0.1, -0.05) is 0 Å². The fourth-order valence-corrected chi connectivity index (χ4v) is 5.99. The highest BCUT2D eigenvalue weighted by molar-refractivity contribution is 7.07. The summed E-state index contributed by atoms with van der Waals surface area (Å²) in [4.78, 5) is 35.7. The van der Waals surface area contributed by atoms with E-state index in [1.165, 1.54) is 23.5 Å². The van der Waals surface area contributed by atoms with E-state index in [9.17, 15) is 19.1 Å². The molecule has 4 aromatic rings. The first-order chi connectivity index (χ1) is 19.6. The molecule has 1 aliphatic carbocycles. The Morgan fingerprint density at radius 2 is 1.85 bits per heavy atom. The average molecular weight is 577 g/mol. The van der Waals surface area contributed by atoms with Gasteiger partial charge in [-0.05, 0) is 62.7 Å². The first-order valence-electron chi connectivity index (χ1n) is 13.3. The molecule has 212 valence electrons. The van der Waals surface area contributed by atoms with Crippen LogP contribution in [0.1, 0.15) is 36.8 Å². The molecule has 0 spiro atoms. The van der Waals surface area contributed by atoms with Crippen molar-refractivity contribution in [3.8, 4) is 28.5 Å². The molecule has 3 aromatic heterocycles. The number of ether oxygens (including phenoxy) is 1. The molecule has 1 aromatic carbocycles. The quantitative estimate of drug-likeness (QED) is 0.307. The van der Waals surface area contributed by atoms with Gasteiger partial charge in [-0.2, -0.15) is 5.10 Å². The Bertz CT molecular complexity index is 1590. The molecule has 0 radical (unpaired) electrons. The average Bonchev–Trinajstić information content (AvgIpc) is 3.47. The molecular weight excluding hydrogens is 547 g/mol. The zero-order chi connectivity index (χ0) is 28.9. The minimum absolute atomic E-state index is 0.0630. The lowest BCUT2D eigenvalue weighted by Gasteiger charge is -2.26. The molecule has 1 aliphatic heterocycles. The number of hydrogen-bond donors (Lipinski definition) is 2. The van der Waals surface area contributed by atoms with Crippen molar-refractivity contribution in [3.63, 3.8) is 0 Å². The van der Waals surface area contributed by atoms with Crippen LogP contribution < -0.4 is 10.1 Å². The number of nitrogens with zero attached hydrogens (tertiary/aromatic N) is 5. The Morgan fingerprint density at radius 1 is 1.12 bits per heavy atom. The lowest BCUT2D eigenvalue weighted by Crippen LogP contribution is -2.40. The van der Waals surface area contributed by atoms with Crippen molar-refractivity contribution >= 4 is 23.3 Å². The van der Waals surface area contributed by atoms with E-state index in [-0.39, 0.29) is 29.7 Å². The number of halogens is 1. The SMILES string of the molecule is CCn1nc(-c2cscn2)cc1C(=O)N1C[C@@H]2C(Oc3cc(C(C)(C)NC(=O)O)cc(-c4ccc(F)cc4)n3)[C@@H]2C1. The Morgan fingerprint density at radius 3 is 2.49 bits per heavy atom. The third-order valence-corrected chi connectivity index (χ3v) is 8.32. The van der Waals surface area contributed by atoms with Crippen LogP contribution in [-0.4, -0.2) is 60.9 Å². The highest BCUT2D eigenvalue weighted by Crippen LogP contribution is 2.48. The van der Waals surface area contributed by atoms with Crippen LogP contribution in [0.25, 0.3) is 22.6 Å². The van der Waals surface area contributed by atoms with Gasteiger partial charge in [-0.25, -0.2) is 19.2 Å². The second kappa shape index (κ2) is 10.3. The maximum absolute atomic E-state index is 13.6. The molecule has 10 nitrogen and oxygen atoms in total. The summed E-state index contributed by atoms with van der Waals surface area (Å²) in [5.74, 6) is 0.267. The van der Waals surface area contributed by atoms with E-state index in [0.717, 1.165) is 5.69 Å². The lowest BCUT2D eigenvalue weighted by atomic mass is 9.93. The number of rotatable bonds is 8. The summed E-state index contributed by atoms with van der Waals surface area (Å²) in [6, 6.07) is 11.3. The molecule has 6 rings (SSSR count). The number of hydrogen-bond acceptors (Lipinski definition) is 7. The second-order valence-electron chi connectivity index (χ2n) is 10.9. The number of piperidine rings is 1. The van der Waals surface area contributed by atoms with Crippen LogP contribution in [0.15, 0.2) is 53.4 Å². The number of carboxylic acid groups (broad SMARTS) is 1. The third kappa shape index (κ3) is 5.26. The fourth-order valence-electron chi connectivity index (χ4n) is 5.44. The molecule has 1 unspecified atom stereocenters. The number of aromatic nitrogens is 4. The number of pyridine rings is 1. The molecule has 1 saturated heterocycles. The van der Waals surface area contributed by atoms with Crippen LogP contribution in [0, 0.1) is 17.7 Å². The Kier molecular flexibility index (Phi) is 6.72. The van der Waals surface area contributed by atoms with E-state index < -0.39 is 11.6 Å². The number of carbonyl (C=O) groups is 2. The van der Waals surface area contributed by atoms with E-state index in [0.29, 0.717) is 53.7 Å². The predicted molar refractivity (Wildman–Crippen MR) is 150 cm³/mol. The van der Waals surface area contributed by atoms with Gasteiger partial charge in [0.2, 0.25) is 5.88 Å². The summed E-state index contributed by atoms with van der Waals surface area (Å²) < 4.78 is 21.6. The van der Waals surface area contributed by atoms with Gasteiger partial charge >= 0.3 is 6.09 Å². The van der Waals surface area contributed by atoms with Crippen molar-refractivity contribution in [2.24, 2.45) is 11.8 Å². The van der Waals surface area contributed by atoms with Gasteiger partial charge in [-0.3, -0.25) is 9.48 Å². The largest absolute Gasteiger partial charge is 0.474 e. The summed E-state index contributed by atoms with van der Waals surface area (Å²) in [5, 5.41) is 18.4. The smallest absolute Gasteiger partial charge is 0.405 e. The van der Waals surface area contributed by atoms with Gasteiger partial charge in [0, 0.05) is 48.5 Å². The molecule has 1 saturated carbocycles. The van der Waals surface area contributed by atoms with Gasteiger partial charge in [0.1, 0.15) is 29.0 Å². The molecule has 4 heterocycles. The number of benzene rings is 1. The number of nitrogens with one attached hydrogen (secondary N) is 1. The van der Waals surface area contributed by atoms with Gasteiger partial charge in [0.25, 0.3) is 5.91 Å². The number of carbonyl (C=O) groups excluding carboxylic acids is 1. The van der Waals surface area contributed by atoms with Crippen LogP contribution >= 0.6 is 11.3 Å². The number of aryl methyl sites for hydroxylation is 1. The maximum atomic E-state index is 13.6. The molecule has 2 amide bonds. The third-order valence-electron chi connectivity index (χ3n) is 7.74. The summed E-state index contributed by atoms with van der Waals surface area (Å²) >= 11 is 1.48. The minimum Gasteiger partial charge on any atom is -0.474 e. The maximum Gasteiger partial charge on any atom is 0.405 e. The summed E-state index contributed by atoms with van der Waals surface area (Å²) in [5.41, 5.74) is 4.69. The van der Waals surface area contributed by atoms with Crippen LogP contribution in [0.4, 0.5) is 9.18 Å². The fraction of sp³-hybridized carbons (Fsp3) is 0.345. The molecule has 12 heteroatoms. The molecular formula is C29H29FN6O4S. The van der Waals surface area contributed by atoms with Crippen LogP contribution in [0.2, 0.25) is 0 Å². The Hall–Kier alpha value is -4.32. The van der Waals surface area contributed by atoms with E-state index >= 15 is 0 Å². The highest BCUT2D eigenvalue weighted by Gasteiger charge is 2.59. The van der Waals surface area contributed by atoms with Gasteiger partial charge in [-0.15, -0.1) is 11.3 Å². The zero-order valence-electron chi connectivity index (χ0n) is 22.7. The number of fused-ring (bicyclic) bond motifs is 1. The molecule has 2 fully saturated rings. The minimum atomic E-state index is -1.15. The molecule has 3 atom stereocenters. The van der Waals surface area contributed by atoms with E-state index in [2.05, 4.69) is 20.4 Å². The van der Waals surface area contributed by atoms with Crippen LogP contribution in [0.3, 0.4) is 0 Å².